The molecule has 1 saturated heterocycles. The van der Waals surface area contributed by atoms with Crippen molar-refractivity contribution in [2.24, 2.45) is 5.92 Å². The quantitative estimate of drug-likeness (QED) is 0.177. The van der Waals surface area contributed by atoms with Gasteiger partial charge >= 0.3 is 0 Å². The molecule has 0 unspecified atom stereocenters. The lowest BCUT2D eigenvalue weighted by Crippen LogP contribution is -2.47. The molecule has 0 saturated carbocycles. The topological polar surface area (TPSA) is 78.4 Å². The van der Waals surface area contributed by atoms with Gasteiger partial charge in [0.15, 0.2) is 5.11 Å². The van der Waals surface area contributed by atoms with E-state index in [1.165, 1.54) is 0 Å². The number of piperidine rings is 1. The molecule has 2 bridgehead atoms. The molecule has 2 atom stereocenters. The summed E-state index contributed by atoms with van der Waals surface area (Å²) in [6.07, 6.45) is 3.11. The van der Waals surface area contributed by atoms with E-state index in [1.54, 1.807) is 29.2 Å². The maximum absolute atomic E-state index is 13.1. The number of thiophene rings is 1. The molecular formula is C31H31N5O2S3. The molecule has 10 heteroatoms. The molecule has 2 aliphatic rings. The SMILES string of the molecule is CSc1cccc(NC(=S)Nc2cc(C(=O)NCc3cccs3)ccc2N2C[C@H]3C[C@@H](C2)c2cccc(=O)n2C3)c1. The average Bonchev–Trinajstić information content (AvgIpc) is 3.50. The van der Waals surface area contributed by atoms with Crippen LogP contribution in [0.25, 0.3) is 0 Å². The first-order valence-corrected chi connectivity index (χ1v) is 16.1. The van der Waals surface area contributed by atoms with Gasteiger partial charge in [-0.1, -0.05) is 18.2 Å². The minimum absolute atomic E-state index is 0.0767. The summed E-state index contributed by atoms with van der Waals surface area (Å²) in [6.45, 7) is 2.82. The Kier molecular flexibility index (Phi) is 8.13. The standard InChI is InChI=1S/C31H31N5O2S3/c1-40-24-6-2-5-23(15-24)33-31(39)34-26-14-21(30(38)32-16-25-7-4-12-41-25)10-11-28(26)35-17-20-13-22(19-35)27-8-3-9-29(37)36(27)18-20/h2-12,14-15,20,22H,13,16-19H2,1H3,(H,32,38)(H2,33,34,39)/t20-,22+/m1/s1. The molecule has 210 valence electrons. The van der Waals surface area contributed by atoms with Crippen molar-refractivity contribution in [1.29, 1.82) is 0 Å². The first-order valence-electron chi connectivity index (χ1n) is 13.6. The Labute approximate surface area is 253 Å². The Morgan fingerprint density at radius 2 is 1.90 bits per heavy atom. The lowest BCUT2D eigenvalue weighted by atomic mass is 9.83. The van der Waals surface area contributed by atoms with Crippen molar-refractivity contribution in [3.63, 3.8) is 0 Å². The van der Waals surface area contributed by atoms with Crippen LogP contribution in [0.15, 0.2) is 87.9 Å². The number of pyridine rings is 1. The number of anilines is 3. The van der Waals surface area contributed by atoms with Crippen LogP contribution in [0.3, 0.4) is 0 Å². The predicted octanol–water partition coefficient (Wildman–Crippen LogP) is 5.99. The first kappa shape index (κ1) is 27.6. The minimum atomic E-state index is -0.136. The Hall–Kier alpha value is -3.60. The van der Waals surface area contributed by atoms with Gasteiger partial charge in [0.05, 0.1) is 17.9 Å². The van der Waals surface area contributed by atoms with Crippen LogP contribution in [-0.2, 0) is 13.1 Å². The fraction of sp³-hybridized carbons (Fsp3) is 0.258. The monoisotopic (exact) mass is 601 g/mol. The molecule has 4 aromatic rings. The van der Waals surface area contributed by atoms with Crippen LogP contribution in [0.2, 0.25) is 0 Å². The summed E-state index contributed by atoms with van der Waals surface area (Å²) in [6, 6.07) is 23.4. The summed E-state index contributed by atoms with van der Waals surface area (Å²) >= 11 is 9.03. The second-order valence-corrected chi connectivity index (χ2v) is 12.7. The summed E-state index contributed by atoms with van der Waals surface area (Å²) in [4.78, 5) is 30.3. The van der Waals surface area contributed by atoms with Gasteiger partial charge in [-0.3, -0.25) is 9.59 Å². The third-order valence-electron chi connectivity index (χ3n) is 7.66. The number of amides is 1. The zero-order valence-corrected chi connectivity index (χ0v) is 25.1. The molecule has 1 amide bonds. The van der Waals surface area contributed by atoms with Gasteiger partial charge in [-0.2, -0.15) is 0 Å². The van der Waals surface area contributed by atoms with Crippen LogP contribution in [0.5, 0.6) is 0 Å². The van der Waals surface area contributed by atoms with Gasteiger partial charge in [0, 0.05) is 58.3 Å². The molecule has 1 fully saturated rings. The van der Waals surface area contributed by atoms with E-state index in [0.717, 1.165) is 58.6 Å². The van der Waals surface area contributed by atoms with E-state index in [-0.39, 0.29) is 17.4 Å². The number of nitrogens with one attached hydrogen (secondary N) is 3. The second-order valence-electron chi connectivity index (χ2n) is 10.4. The number of nitrogens with zero attached hydrogens (tertiary/aromatic N) is 2. The normalized spacial score (nSPS) is 17.4. The van der Waals surface area contributed by atoms with E-state index >= 15 is 0 Å². The fourth-order valence-corrected chi connectivity index (χ4v) is 7.15. The van der Waals surface area contributed by atoms with E-state index in [4.69, 9.17) is 12.2 Å². The molecule has 0 spiro atoms. The summed E-state index contributed by atoms with van der Waals surface area (Å²) in [5, 5.41) is 12.2. The number of thioether (sulfide) groups is 1. The van der Waals surface area contributed by atoms with Crippen LogP contribution < -0.4 is 26.4 Å². The molecule has 2 aromatic carbocycles. The van der Waals surface area contributed by atoms with Crippen molar-refractivity contribution in [3.8, 4) is 0 Å². The van der Waals surface area contributed by atoms with Gasteiger partial charge < -0.3 is 25.4 Å². The van der Waals surface area contributed by atoms with Crippen LogP contribution in [-0.4, -0.2) is 34.9 Å². The predicted molar refractivity (Wildman–Crippen MR) is 174 cm³/mol. The van der Waals surface area contributed by atoms with Gasteiger partial charge in [-0.25, -0.2) is 0 Å². The van der Waals surface area contributed by atoms with Gasteiger partial charge in [0.25, 0.3) is 11.5 Å². The maximum atomic E-state index is 13.1. The Morgan fingerprint density at radius 1 is 1.02 bits per heavy atom. The zero-order chi connectivity index (χ0) is 28.3. The zero-order valence-electron chi connectivity index (χ0n) is 22.6. The van der Waals surface area contributed by atoms with Crippen molar-refractivity contribution in [2.75, 3.05) is 34.9 Å². The van der Waals surface area contributed by atoms with Crippen LogP contribution in [0.4, 0.5) is 17.1 Å². The Balaban J connectivity index is 1.27. The van der Waals surface area contributed by atoms with Crippen molar-refractivity contribution in [1.82, 2.24) is 9.88 Å². The number of hydrogen-bond acceptors (Lipinski definition) is 6. The molecule has 0 aliphatic carbocycles. The lowest BCUT2D eigenvalue weighted by Gasteiger charge is -2.44. The van der Waals surface area contributed by atoms with Crippen LogP contribution in [0, 0.1) is 5.92 Å². The molecule has 7 nitrogen and oxygen atoms in total. The van der Waals surface area contributed by atoms with E-state index in [9.17, 15) is 9.59 Å². The third-order valence-corrected chi connectivity index (χ3v) is 9.46. The number of carbonyl (C=O) groups excluding carboxylic acids is 1. The highest BCUT2D eigenvalue weighted by Crippen LogP contribution is 2.39. The highest BCUT2D eigenvalue weighted by Gasteiger charge is 2.35. The first-order chi connectivity index (χ1) is 20.0. The van der Waals surface area contributed by atoms with Crippen LogP contribution in [0.1, 0.15) is 33.3 Å². The van der Waals surface area contributed by atoms with Gasteiger partial charge in [-0.15, -0.1) is 23.1 Å². The molecule has 0 radical (unpaired) electrons. The average molecular weight is 602 g/mol. The molecule has 2 aromatic heterocycles. The number of rotatable bonds is 7. The van der Waals surface area contributed by atoms with E-state index in [1.807, 2.05) is 64.7 Å². The lowest BCUT2D eigenvalue weighted by molar-refractivity contribution is 0.0951. The molecule has 41 heavy (non-hydrogen) atoms. The van der Waals surface area contributed by atoms with E-state index < -0.39 is 0 Å². The summed E-state index contributed by atoms with van der Waals surface area (Å²) < 4.78 is 1.94. The van der Waals surface area contributed by atoms with Crippen molar-refractivity contribution in [2.45, 2.75) is 30.3 Å². The summed E-state index contributed by atoms with van der Waals surface area (Å²) in [7, 11) is 0. The number of fused-ring (bicyclic) bond motifs is 4. The minimum Gasteiger partial charge on any atom is -0.369 e. The number of hydrogen-bond donors (Lipinski definition) is 3. The number of aromatic nitrogens is 1. The van der Waals surface area contributed by atoms with E-state index in [2.05, 4.69) is 39.0 Å². The highest BCUT2D eigenvalue weighted by molar-refractivity contribution is 7.98. The maximum Gasteiger partial charge on any atom is 0.251 e. The molecule has 4 heterocycles. The fourth-order valence-electron chi connectivity index (χ4n) is 5.81. The number of benzene rings is 2. The summed E-state index contributed by atoms with van der Waals surface area (Å²) in [5.41, 5.74) is 4.40. The third kappa shape index (κ3) is 6.19. The Bertz CT molecular complexity index is 1630. The van der Waals surface area contributed by atoms with E-state index in [0.29, 0.717) is 23.1 Å². The van der Waals surface area contributed by atoms with Gasteiger partial charge in [0.1, 0.15) is 0 Å². The molecular weight excluding hydrogens is 571 g/mol. The smallest absolute Gasteiger partial charge is 0.251 e. The molecule has 2 aliphatic heterocycles. The second kappa shape index (κ2) is 12.1. The van der Waals surface area contributed by atoms with Gasteiger partial charge in [-0.05, 0) is 84.7 Å². The molecule has 6 rings (SSSR count). The van der Waals surface area contributed by atoms with Gasteiger partial charge in [0.2, 0.25) is 0 Å². The van der Waals surface area contributed by atoms with Crippen molar-refractivity contribution in [3.05, 3.63) is 105 Å². The van der Waals surface area contributed by atoms with Crippen molar-refractivity contribution < 1.29 is 4.79 Å². The highest BCUT2D eigenvalue weighted by atomic mass is 32.2. The van der Waals surface area contributed by atoms with Crippen molar-refractivity contribution >= 4 is 63.4 Å². The Morgan fingerprint density at radius 3 is 2.73 bits per heavy atom. The number of thiocarbonyl (C=S) groups is 1. The molecule has 3 N–H and O–H groups in total. The number of carbonyl (C=O) groups is 1. The largest absolute Gasteiger partial charge is 0.369 e. The summed E-state index contributed by atoms with van der Waals surface area (Å²) in [5.74, 6) is 0.489. The van der Waals surface area contributed by atoms with Crippen LogP contribution >= 0.6 is 35.3 Å².